The predicted octanol–water partition coefficient (Wildman–Crippen LogP) is 3.14. The van der Waals surface area contributed by atoms with Crippen LogP contribution in [0, 0.1) is 6.92 Å². The summed E-state index contributed by atoms with van der Waals surface area (Å²) in [5.41, 5.74) is 3.39. The highest BCUT2D eigenvalue weighted by Crippen LogP contribution is 2.30. The third-order valence-corrected chi connectivity index (χ3v) is 6.92. The van der Waals surface area contributed by atoms with Gasteiger partial charge in [-0.25, -0.2) is 8.42 Å². The highest BCUT2D eigenvalue weighted by Gasteiger charge is 2.21. The summed E-state index contributed by atoms with van der Waals surface area (Å²) in [7, 11) is -3.82. The van der Waals surface area contributed by atoms with E-state index in [0.717, 1.165) is 43.0 Å². The normalized spacial score (nSPS) is 14.0. The summed E-state index contributed by atoms with van der Waals surface area (Å²) in [5, 5.41) is 6.21. The van der Waals surface area contributed by atoms with Gasteiger partial charge in [0.15, 0.2) is 0 Å². The summed E-state index contributed by atoms with van der Waals surface area (Å²) < 4.78 is 29.0. The number of amides is 1. The minimum absolute atomic E-state index is 0.188. The van der Waals surface area contributed by atoms with Crippen molar-refractivity contribution in [1.29, 1.82) is 0 Å². The molecule has 0 bridgehead atoms. The van der Waals surface area contributed by atoms with Crippen molar-refractivity contribution in [2.45, 2.75) is 18.4 Å². The molecule has 8 heteroatoms. The molecule has 0 atom stereocenters. The van der Waals surface area contributed by atoms with Crippen LogP contribution in [-0.4, -0.2) is 40.5 Å². The second-order valence-electron chi connectivity index (χ2n) is 8.06. The van der Waals surface area contributed by atoms with Crippen LogP contribution in [0.4, 0.5) is 11.4 Å². The molecule has 3 N–H and O–H groups in total. The van der Waals surface area contributed by atoms with Gasteiger partial charge in [-0.05, 0) is 48.4 Å². The molecule has 0 radical (unpaired) electrons. The Balaban J connectivity index is 1.62. The molecule has 3 aromatic carbocycles. The molecular weight excluding hydrogens is 436 g/mol. The van der Waals surface area contributed by atoms with Crippen LogP contribution in [-0.2, 0) is 16.6 Å². The van der Waals surface area contributed by atoms with Gasteiger partial charge in [-0.1, -0.05) is 42.5 Å². The van der Waals surface area contributed by atoms with Crippen molar-refractivity contribution in [1.82, 2.24) is 10.6 Å². The van der Waals surface area contributed by atoms with E-state index in [1.54, 1.807) is 30.3 Å². The van der Waals surface area contributed by atoms with Crippen molar-refractivity contribution in [3.63, 3.8) is 0 Å². The Morgan fingerprint density at radius 3 is 2.45 bits per heavy atom. The minimum Gasteiger partial charge on any atom is -0.367 e. The summed E-state index contributed by atoms with van der Waals surface area (Å²) in [4.78, 5) is 15.1. The molecule has 0 aliphatic carbocycles. The molecular formula is C25H28N4O3S. The molecule has 1 fully saturated rings. The minimum atomic E-state index is -3.82. The SMILES string of the molecule is Cc1cccc(S(=O)(=O)Nc2cc(C(=O)NCc3ccccc3)ccc2N2CCNCC2)c1. The number of benzene rings is 3. The lowest BCUT2D eigenvalue weighted by molar-refractivity contribution is 0.0951. The summed E-state index contributed by atoms with van der Waals surface area (Å²) >= 11 is 0. The Morgan fingerprint density at radius 1 is 0.970 bits per heavy atom. The molecule has 0 saturated carbocycles. The number of sulfonamides is 1. The number of carbonyl (C=O) groups excluding carboxylic acids is 1. The number of anilines is 2. The van der Waals surface area contributed by atoms with Crippen LogP contribution >= 0.6 is 0 Å². The monoisotopic (exact) mass is 464 g/mol. The number of hydrogen-bond acceptors (Lipinski definition) is 5. The zero-order chi connectivity index (χ0) is 23.3. The first-order valence-corrected chi connectivity index (χ1v) is 12.4. The fourth-order valence-electron chi connectivity index (χ4n) is 3.81. The molecule has 172 valence electrons. The molecule has 1 aliphatic heterocycles. The molecule has 33 heavy (non-hydrogen) atoms. The van der Waals surface area contributed by atoms with Crippen molar-refractivity contribution >= 4 is 27.3 Å². The first-order valence-electron chi connectivity index (χ1n) is 10.9. The number of carbonyl (C=O) groups is 1. The Morgan fingerprint density at radius 2 is 1.73 bits per heavy atom. The maximum Gasteiger partial charge on any atom is 0.261 e. The lowest BCUT2D eigenvalue weighted by Crippen LogP contribution is -2.43. The van der Waals surface area contributed by atoms with Gasteiger partial charge >= 0.3 is 0 Å². The Hall–Kier alpha value is -3.36. The third kappa shape index (κ3) is 5.71. The number of rotatable bonds is 7. The average Bonchev–Trinajstić information content (AvgIpc) is 2.83. The zero-order valence-electron chi connectivity index (χ0n) is 18.5. The Kier molecular flexibility index (Phi) is 6.96. The molecule has 0 unspecified atom stereocenters. The van der Waals surface area contributed by atoms with Crippen LogP contribution in [0.15, 0.2) is 77.7 Å². The van der Waals surface area contributed by atoms with Gasteiger partial charge in [0.05, 0.1) is 16.3 Å². The lowest BCUT2D eigenvalue weighted by atomic mass is 10.1. The zero-order valence-corrected chi connectivity index (χ0v) is 19.4. The van der Waals surface area contributed by atoms with Crippen molar-refractivity contribution < 1.29 is 13.2 Å². The number of hydrogen-bond donors (Lipinski definition) is 3. The molecule has 1 heterocycles. The van der Waals surface area contributed by atoms with Crippen LogP contribution in [0.3, 0.4) is 0 Å². The van der Waals surface area contributed by atoms with E-state index in [9.17, 15) is 13.2 Å². The van der Waals surface area contributed by atoms with Crippen LogP contribution in [0.1, 0.15) is 21.5 Å². The topological polar surface area (TPSA) is 90.5 Å². The van der Waals surface area contributed by atoms with Gasteiger partial charge in [0.25, 0.3) is 15.9 Å². The van der Waals surface area contributed by atoms with Gasteiger partial charge in [-0.3, -0.25) is 9.52 Å². The summed E-state index contributed by atoms with van der Waals surface area (Å²) in [6, 6.07) is 21.6. The quantitative estimate of drug-likeness (QED) is 0.500. The van der Waals surface area contributed by atoms with Gasteiger partial charge in [0.2, 0.25) is 0 Å². The van der Waals surface area contributed by atoms with E-state index in [1.807, 2.05) is 49.4 Å². The smallest absolute Gasteiger partial charge is 0.261 e. The number of nitrogens with zero attached hydrogens (tertiary/aromatic N) is 1. The van der Waals surface area contributed by atoms with Crippen molar-refractivity contribution in [2.24, 2.45) is 0 Å². The Labute approximate surface area is 194 Å². The van der Waals surface area contributed by atoms with Crippen molar-refractivity contribution in [3.05, 3.63) is 89.5 Å². The van der Waals surface area contributed by atoms with Gasteiger partial charge in [0.1, 0.15) is 0 Å². The fraction of sp³-hybridized carbons (Fsp3) is 0.240. The highest BCUT2D eigenvalue weighted by atomic mass is 32.2. The number of piperazine rings is 1. The first-order chi connectivity index (χ1) is 15.9. The maximum atomic E-state index is 13.1. The van der Waals surface area contributed by atoms with Crippen molar-refractivity contribution in [3.8, 4) is 0 Å². The summed E-state index contributed by atoms with van der Waals surface area (Å²) in [6.45, 7) is 5.36. The van der Waals surface area contributed by atoms with E-state index in [1.165, 1.54) is 0 Å². The van der Waals surface area contributed by atoms with Gasteiger partial charge in [0, 0.05) is 38.3 Å². The van der Waals surface area contributed by atoms with E-state index < -0.39 is 10.0 Å². The van der Waals surface area contributed by atoms with Crippen LogP contribution in [0.2, 0.25) is 0 Å². The van der Waals surface area contributed by atoms with E-state index in [2.05, 4.69) is 20.3 Å². The Bertz CT molecular complexity index is 1220. The molecule has 0 aromatic heterocycles. The van der Waals surface area contributed by atoms with Crippen LogP contribution in [0.5, 0.6) is 0 Å². The molecule has 1 aliphatic rings. The third-order valence-electron chi connectivity index (χ3n) is 5.56. The van der Waals surface area contributed by atoms with Crippen molar-refractivity contribution in [2.75, 3.05) is 35.8 Å². The number of aryl methyl sites for hydroxylation is 1. The van der Waals surface area contributed by atoms with E-state index in [-0.39, 0.29) is 10.8 Å². The van der Waals surface area contributed by atoms with Gasteiger partial charge in [-0.15, -0.1) is 0 Å². The van der Waals surface area contributed by atoms with E-state index >= 15 is 0 Å². The average molecular weight is 465 g/mol. The maximum absolute atomic E-state index is 13.1. The second-order valence-corrected chi connectivity index (χ2v) is 9.74. The summed E-state index contributed by atoms with van der Waals surface area (Å²) in [6.07, 6.45) is 0. The molecule has 0 spiro atoms. The number of nitrogens with one attached hydrogen (secondary N) is 3. The second kappa shape index (κ2) is 10.1. The molecule has 4 rings (SSSR count). The van der Waals surface area contributed by atoms with Gasteiger partial charge < -0.3 is 15.5 Å². The standard InChI is InChI=1S/C25H28N4O3S/c1-19-6-5-9-22(16-19)33(31,32)28-23-17-21(10-11-24(23)29-14-12-26-13-15-29)25(30)27-18-20-7-3-2-4-8-20/h2-11,16-17,26,28H,12-15,18H2,1H3,(H,27,30). The molecule has 1 amide bonds. The summed E-state index contributed by atoms with van der Waals surface area (Å²) in [5.74, 6) is -0.262. The van der Waals surface area contributed by atoms with Crippen LogP contribution < -0.4 is 20.3 Å². The lowest BCUT2D eigenvalue weighted by Gasteiger charge is -2.31. The first kappa shape index (κ1) is 22.8. The fourth-order valence-corrected chi connectivity index (χ4v) is 4.98. The van der Waals surface area contributed by atoms with E-state index in [4.69, 9.17) is 0 Å². The van der Waals surface area contributed by atoms with Gasteiger partial charge in [-0.2, -0.15) is 0 Å². The predicted molar refractivity (Wildman–Crippen MR) is 131 cm³/mol. The molecule has 3 aromatic rings. The molecule has 7 nitrogen and oxygen atoms in total. The van der Waals surface area contributed by atoms with E-state index in [0.29, 0.717) is 17.8 Å². The largest absolute Gasteiger partial charge is 0.367 e. The molecule has 1 saturated heterocycles. The van der Waals surface area contributed by atoms with Crippen LogP contribution in [0.25, 0.3) is 0 Å². The highest BCUT2D eigenvalue weighted by molar-refractivity contribution is 7.92.